The minimum absolute atomic E-state index is 0.0322. The van der Waals surface area contributed by atoms with Crippen LogP contribution >= 0.6 is 0 Å². The molecule has 0 saturated carbocycles. The molecule has 0 bridgehead atoms. The third-order valence-corrected chi connectivity index (χ3v) is 5.10. The summed E-state index contributed by atoms with van der Waals surface area (Å²) in [4.78, 5) is 21.6. The maximum absolute atomic E-state index is 13.3. The predicted octanol–water partition coefficient (Wildman–Crippen LogP) is 3.74. The van der Waals surface area contributed by atoms with Crippen molar-refractivity contribution in [2.24, 2.45) is 0 Å². The van der Waals surface area contributed by atoms with Crippen LogP contribution in [0.2, 0.25) is 0 Å². The average molecular weight is 418 g/mol. The number of fused-ring (bicyclic) bond motifs is 1. The number of nitrogens with zero attached hydrogens (tertiary/aromatic N) is 2. The number of alkyl halides is 3. The number of nitrogens with one attached hydrogen (secondary N) is 1. The van der Waals surface area contributed by atoms with Crippen LogP contribution in [-0.2, 0) is 25.7 Å². The van der Waals surface area contributed by atoms with Crippen LogP contribution in [0.4, 0.5) is 23.2 Å². The molecule has 0 fully saturated rings. The van der Waals surface area contributed by atoms with Gasteiger partial charge in [-0.3, -0.25) is 9.69 Å². The van der Waals surface area contributed by atoms with Gasteiger partial charge in [0.1, 0.15) is 11.6 Å². The van der Waals surface area contributed by atoms with E-state index in [4.69, 9.17) is 5.73 Å². The van der Waals surface area contributed by atoms with Gasteiger partial charge in [-0.25, -0.2) is 9.37 Å². The number of hydrogen-bond acceptors (Lipinski definition) is 4. The molecule has 0 spiro atoms. The molecule has 1 aliphatic rings. The number of halogens is 4. The Hall–Kier alpha value is -3.20. The molecule has 30 heavy (non-hydrogen) atoms. The molecular formula is C21H18F4N4O. The summed E-state index contributed by atoms with van der Waals surface area (Å²) in [6.45, 7) is 0.543. The highest BCUT2D eigenvalue weighted by molar-refractivity contribution is 5.58. The summed E-state index contributed by atoms with van der Waals surface area (Å²) < 4.78 is 53.1. The van der Waals surface area contributed by atoms with E-state index in [0.29, 0.717) is 47.4 Å². The van der Waals surface area contributed by atoms with Crippen molar-refractivity contribution in [2.45, 2.75) is 25.7 Å². The van der Waals surface area contributed by atoms with E-state index in [0.717, 1.165) is 12.1 Å². The highest BCUT2D eigenvalue weighted by Gasteiger charge is 2.34. The van der Waals surface area contributed by atoms with Crippen LogP contribution in [0.1, 0.15) is 22.4 Å². The Labute approximate surface area is 169 Å². The average Bonchev–Trinajstić information content (AvgIpc) is 2.69. The van der Waals surface area contributed by atoms with E-state index in [1.165, 1.54) is 0 Å². The lowest BCUT2D eigenvalue weighted by molar-refractivity contribution is -0.138. The third-order valence-electron chi connectivity index (χ3n) is 5.10. The van der Waals surface area contributed by atoms with Crippen LogP contribution in [0.5, 0.6) is 0 Å². The van der Waals surface area contributed by atoms with Gasteiger partial charge in [0.2, 0.25) is 0 Å². The minimum Gasteiger partial charge on any atom is -0.399 e. The summed E-state index contributed by atoms with van der Waals surface area (Å²) in [7, 11) is 0. The largest absolute Gasteiger partial charge is 0.416 e. The van der Waals surface area contributed by atoms with E-state index in [9.17, 15) is 22.4 Å². The molecule has 2 aromatic carbocycles. The maximum Gasteiger partial charge on any atom is 0.416 e. The highest BCUT2D eigenvalue weighted by Crippen LogP contribution is 2.33. The predicted molar refractivity (Wildman–Crippen MR) is 104 cm³/mol. The topological polar surface area (TPSA) is 75.0 Å². The minimum atomic E-state index is -4.65. The van der Waals surface area contributed by atoms with Crippen molar-refractivity contribution in [1.82, 2.24) is 14.9 Å². The van der Waals surface area contributed by atoms with Crippen LogP contribution < -0.4 is 11.3 Å². The first-order valence-corrected chi connectivity index (χ1v) is 9.26. The van der Waals surface area contributed by atoms with Crippen molar-refractivity contribution in [3.8, 4) is 11.4 Å². The summed E-state index contributed by atoms with van der Waals surface area (Å²) >= 11 is 0. The zero-order valence-electron chi connectivity index (χ0n) is 15.8. The second-order valence-corrected chi connectivity index (χ2v) is 7.22. The number of aromatic nitrogens is 2. The van der Waals surface area contributed by atoms with Gasteiger partial charge < -0.3 is 10.7 Å². The monoisotopic (exact) mass is 418 g/mol. The molecule has 0 amide bonds. The van der Waals surface area contributed by atoms with E-state index in [-0.39, 0.29) is 24.2 Å². The smallest absolute Gasteiger partial charge is 0.399 e. The Kier molecular flexibility index (Phi) is 5.07. The Morgan fingerprint density at radius 2 is 1.87 bits per heavy atom. The molecule has 1 aliphatic heterocycles. The summed E-state index contributed by atoms with van der Waals surface area (Å²) in [5.74, 6) is -0.518. The van der Waals surface area contributed by atoms with Gasteiger partial charge in [0.15, 0.2) is 0 Å². The molecule has 5 nitrogen and oxygen atoms in total. The molecule has 9 heteroatoms. The van der Waals surface area contributed by atoms with Crippen LogP contribution in [0.3, 0.4) is 0 Å². The number of aromatic amines is 1. The summed E-state index contributed by atoms with van der Waals surface area (Å²) in [6.07, 6.45) is -4.23. The lowest BCUT2D eigenvalue weighted by Gasteiger charge is -2.28. The summed E-state index contributed by atoms with van der Waals surface area (Å²) in [6, 6.07) is 9.57. The molecule has 0 atom stereocenters. The lowest BCUT2D eigenvalue weighted by atomic mass is 10.0. The number of benzene rings is 2. The first kappa shape index (κ1) is 20.1. The number of nitrogens with two attached hydrogens (primary N) is 1. The quantitative estimate of drug-likeness (QED) is 0.502. The summed E-state index contributed by atoms with van der Waals surface area (Å²) in [5.41, 5.74) is 6.68. The Balaban J connectivity index is 1.59. The lowest BCUT2D eigenvalue weighted by Crippen LogP contribution is -2.36. The van der Waals surface area contributed by atoms with Crippen LogP contribution in [0.15, 0.2) is 47.3 Å². The Bertz CT molecular complexity index is 1140. The summed E-state index contributed by atoms with van der Waals surface area (Å²) in [5, 5.41) is 0. The number of rotatable bonds is 3. The van der Waals surface area contributed by atoms with Gasteiger partial charge in [0.25, 0.3) is 5.56 Å². The van der Waals surface area contributed by atoms with E-state index >= 15 is 0 Å². The first-order valence-electron chi connectivity index (χ1n) is 9.26. The van der Waals surface area contributed by atoms with Gasteiger partial charge in [-0.05, 0) is 42.0 Å². The molecule has 2 heterocycles. The third kappa shape index (κ3) is 4.06. The SMILES string of the molecule is Nc1ccc(-c2nc3c(c(=O)[nH]2)CN(Cc2ccc(F)cc2C(F)(F)F)CC3)cc1. The highest BCUT2D eigenvalue weighted by atomic mass is 19.4. The number of nitrogen functional groups attached to an aromatic ring is 1. The van der Waals surface area contributed by atoms with Gasteiger partial charge in [-0.2, -0.15) is 13.2 Å². The molecule has 3 aromatic rings. The van der Waals surface area contributed by atoms with Crippen molar-refractivity contribution < 1.29 is 17.6 Å². The van der Waals surface area contributed by atoms with Crippen LogP contribution in [0.25, 0.3) is 11.4 Å². The van der Waals surface area contributed by atoms with E-state index in [2.05, 4.69) is 9.97 Å². The van der Waals surface area contributed by atoms with Gasteiger partial charge in [-0.15, -0.1) is 0 Å². The van der Waals surface area contributed by atoms with Gasteiger partial charge in [0, 0.05) is 37.3 Å². The molecule has 156 valence electrons. The second kappa shape index (κ2) is 7.56. The second-order valence-electron chi connectivity index (χ2n) is 7.22. The fraction of sp³-hybridized carbons (Fsp3) is 0.238. The fourth-order valence-corrected chi connectivity index (χ4v) is 3.58. The van der Waals surface area contributed by atoms with Crippen LogP contribution in [-0.4, -0.2) is 21.4 Å². The zero-order chi connectivity index (χ0) is 21.5. The van der Waals surface area contributed by atoms with Crippen molar-refractivity contribution in [1.29, 1.82) is 0 Å². The van der Waals surface area contributed by atoms with Crippen molar-refractivity contribution >= 4 is 5.69 Å². The van der Waals surface area contributed by atoms with Gasteiger partial charge in [-0.1, -0.05) is 6.07 Å². The number of H-pyrrole nitrogens is 1. The molecule has 4 rings (SSSR count). The Morgan fingerprint density at radius 1 is 1.13 bits per heavy atom. The van der Waals surface area contributed by atoms with Gasteiger partial charge >= 0.3 is 6.18 Å². The molecule has 0 aliphatic carbocycles. The van der Waals surface area contributed by atoms with E-state index in [1.54, 1.807) is 29.2 Å². The zero-order valence-corrected chi connectivity index (χ0v) is 15.8. The molecule has 1 aromatic heterocycles. The van der Waals surface area contributed by atoms with Gasteiger partial charge in [0.05, 0.1) is 16.8 Å². The molecule has 0 radical (unpaired) electrons. The molecular weight excluding hydrogens is 400 g/mol. The Morgan fingerprint density at radius 3 is 2.57 bits per heavy atom. The number of hydrogen-bond donors (Lipinski definition) is 2. The maximum atomic E-state index is 13.3. The van der Waals surface area contributed by atoms with Crippen molar-refractivity contribution in [2.75, 3.05) is 12.3 Å². The first-order chi connectivity index (χ1) is 14.2. The molecule has 3 N–H and O–H groups in total. The number of anilines is 1. The van der Waals surface area contributed by atoms with Crippen LogP contribution in [0, 0.1) is 5.82 Å². The molecule has 0 unspecified atom stereocenters. The normalized spacial score (nSPS) is 14.5. The standard InChI is InChI=1S/C21H18F4N4O/c22-14-4-1-13(17(9-14)21(23,24)25)10-29-8-7-18-16(11-29)20(30)28-19(27-18)12-2-5-15(26)6-3-12/h1-6,9H,7-8,10-11,26H2,(H,27,28,30). The fourth-order valence-electron chi connectivity index (χ4n) is 3.58. The van der Waals surface area contributed by atoms with E-state index < -0.39 is 17.6 Å². The van der Waals surface area contributed by atoms with Crippen molar-refractivity contribution in [3.05, 3.63) is 81.0 Å². The van der Waals surface area contributed by atoms with Crippen molar-refractivity contribution in [3.63, 3.8) is 0 Å². The van der Waals surface area contributed by atoms with E-state index in [1.807, 2.05) is 0 Å². The molecule has 0 saturated heterocycles.